The van der Waals surface area contributed by atoms with E-state index in [1.807, 2.05) is 11.9 Å². The molecular weight excluding hydrogens is 355 g/mol. The summed E-state index contributed by atoms with van der Waals surface area (Å²) in [5.41, 5.74) is 1.61. The van der Waals surface area contributed by atoms with E-state index in [0.29, 0.717) is 18.9 Å². The Balaban J connectivity index is 1.69. The molecule has 2 aliphatic rings. The normalized spacial score (nSPS) is 20.7. The van der Waals surface area contributed by atoms with Crippen LogP contribution in [0, 0.1) is 5.82 Å². The molecular formula is C19H21FN2O3S. The van der Waals surface area contributed by atoms with E-state index in [-0.39, 0.29) is 16.8 Å². The van der Waals surface area contributed by atoms with Gasteiger partial charge in [0.25, 0.3) is 0 Å². The first-order valence-electron chi connectivity index (χ1n) is 8.72. The van der Waals surface area contributed by atoms with Gasteiger partial charge >= 0.3 is 0 Å². The van der Waals surface area contributed by atoms with Crippen molar-refractivity contribution in [1.82, 2.24) is 4.31 Å². The van der Waals surface area contributed by atoms with Crippen molar-refractivity contribution in [2.75, 3.05) is 31.6 Å². The smallest absolute Gasteiger partial charge is 0.243 e. The Morgan fingerprint density at radius 3 is 2.65 bits per heavy atom. The molecule has 0 N–H and O–H groups in total. The molecule has 0 radical (unpaired) electrons. The Bertz CT molecular complexity index is 915. The van der Waals surface area contributed by atoms with Gasteiger partial charge in [0.2, 0.25) is 10.0 Å². The molecule has 0 bridgehead atoms. The first kappa shape index (κ1) is 17.3. The molecule has 2 heterocycles. The minimum Gasteiger partial charge on any atom is -0.490 e. The summed E-state index contributed by atoms with van der Waals surface area (Å²) in [5, 5.41) is 0. The van der Waals surface area contributed by atoms with Crippen molar-refractivity contribution < 1.29 is 17.5 Å². The summed E-state index contributed by atoms with van der Waals surface area (Å²) in [4.78, 5) is 2.27. The van der Waals surface area contributed by atoms with Crippen LogP contribution in [0.15, 0.2) is 47.4 Å². The Morgan fingerprint density at radius 2 is 1.88 bits per heavy atom. The lowest BCUT2D eigenvalue weighted by molar-refractivity contribution is 0.311. The summed E-state index contributed by atoms with van der Waals surface area (Å²) in [6, 6.07) is 10.8. The number of benzene rings is 2. The van der Waals surface area contributed by atoms with E-state index < -0.39 is 10.0 Å². The van der Waals surface area contributed by atoms with E-state index in [4.69, 9.17) is 4.74 Å². The molecule has 1 saturated heterocycles. The van der Waals surface area contributed by atoms with Crippen LogP contribution in [0.2, 0.25) is 0 Å². The fourth-order valence-electron chi connectivity index (χ4n) is 3.67. The van der Waals surface area contributed by atoms with Crippen LogP contribution in [-0.2, 0) is 10.0 Å². The Morgan fingerprint density at radius 1 is 1.12 bits per heavy atom. The first-order valence-corrected chi connectivity index (χ1v) is 10.2. The van der Waals surface area contributed by atoms with Crippen molar-refractivity contribution in [3.8, 4) is 5.75 Å². The van der Waals surface area contributed by atoms with E-state index in [1.54, 1.807) is 30.3 Å². The summed E-state index contributed by atoms with van der Waals surface area (Å²) in [6.45, 7) is 1.78. The first-order chi connectivity index (χ1) is 12.5. The molecule has 0 unspecified atom stereocenters. The second-order valence-corrected chi connectivity index (χ2v) is 8.62. The van der Waals surface area contributed by atoms with E-state index in [0.717, 1.165) is 30.6 Å². The van der Waals surface area contributed by atoms with Crippen LogP contribution in [0.5, 0.6) is 5.75 Å². The van der Waals surface area contributed by atoms with Gasteiger partial charge in [-0.25, -0.2) is 12.8 Å². The molecule has 2 aliphatic heterocycles. The van der Waals surface area contributed by atoms with E-state index in [9.17, 15) is 12.8 Å². The number of halogens is 1. The maximum Gasteiger partial charge on any atom is 0.243 e. The molecule has 0 amide bonds. The summed E-state index contributed by atoms with van der Waals surface area (Å²) in [5.74, 6) is 0.382. The minimum atomic E-state index is -3.65. The summed E-state index contributed by atoms with van der Waals surface area (Å²) in [7, 11) is -1.72. The van der Waals surface area contributed by atoms with Gasteiger partial charge in [0, 0.05) is 13.6 Å². The molecule has 4 rings (SSSR count). The fraction of sp³-hybridized carbons (Fsp3) is 0.368. The molecule has 0 aliphatic carbocycles. The van der Waals surface area contributed by atoms with Crippen molar-refractivity contribution in [3.05, 3.63) is 53.8 Å². The number of nitrogens with zero attached hydrogens (tertiary/aromatic N) is 2. The van der Waals surface area contributed by atoms with Crippen LogP contribution in [0.4, 0.5) is 10.1 Å². The number of ether oxygens (including phenoxy) is 1. The van der Waals surface area contributed by atoms with Crippen molar-refractivity contribution in [1.29, 1.82) is 0 Å². The molecule has 7 heteroatoms. The second kappa shape index (κ2) is 6.55. The van der Waals surface area contributed by atoms with Crippen molar-refractivity contribution in [2.45, 2.75) is 23.8 Å². The zero-order valence-electron chi connectivity index (χ0n) is 14.6. The number of hydrogen-bond acceptors (Lipinski definition) is 4. The number of fused-ring (bicyclic) bond motifs is 1. The lowest BCUT2D eigenvalue weighted by Crippen LogP contribution is -2.32. The quantitative estimate of drug-likeness (QED) is 0.826. The van der Waals surface area contributed by atoms with Gasteiger partial charge in [0.15, 0.2) is 0 Å². The minimum absolute atomic E-state index is 0.259. The van der Waals surface area contributed by atoms with Crippen LogP contribution < -0.4 is 9.64 Å². The molecule has 2 aromatic rings. The maximum absolute atomic E-state index is 13.3. The third kappa shape index (κ3) is 2.95. The zero-order valence-corrected chi connectivity index (χ0v) is 15.4. The van der Waals surface area contributed by atoms with Crippen LogP contribution in [-0.4, -0.2) is 39.5 Å². The third-order valence-corrected chi connectivity index (χ3v) is 7.00. The standard InChI is InChI=1S/C19H21FN2O3S/c1-21-11-12-25-19-9-8-16(13-18(19)21)26(23,24)22-10-2-3-17(22)14-4-6-15(20)7-5-14/h4-9,13,17H,2-3,10-12H2,1H3/t17-/m0/s1. The highest BCUT2D eigenvalue weighted by Gasteiger charge is 2.36. The molecule has 0 saturated carbocycles. The Labute approximate surface area is 153 Å². The Kier molecular flexibility index (Phi) is 4.36. The highest BCUT2D eigenvalue weighted by molar-refractivity contribution is 7.89. The van der Waals surface area contributed by atoms with Gasteiger partial charge in [-0.15, -0.1) is 0 Å². The number of hydrogen-bond donors (Lipinski definition) is 0. The number of sulfonamides is 1. The van der Waals surface area contributed by atoms with Crippen molar-refractivity contribution in [3.63, 3.8) is 0 Å². The SMILES string of the molecule is CN1CCOc2ccc(S(=O)(=O)N3CCC[C@H]3c3ccc(F)cc3)cc21. The van der Waals surface area contributed by atoms with Crippen molar-refractivity contribution in [2.24, 2.45) is 0 Å². The van der Waals surface area contributed by atoms with Crippen molar-refractivity contribution >= 4 is 15.7 Å². The van der Waals surface area contributed by atoms with Gasteiger partial charge in [-0.2, -0.15) is 4.31 Å². The second-order valence-electron chi connectivity index (χ2n) is 6.72. The van der Waals surface area contributed by atoms with E-state index in [1.165, 1.54) is 16.4 Å². The largest absolute Gasteiger partial charge is 0.490 e. The lowest BCUT2D eigenvalue weighted by Gasteiger charge is -2.29. The van der Waals surface area contributed by atoms with Crippen LogP contribution in [0.25, 0.3) is 0 Å². The highest BCUT2D eigenvalue weighted by Crippen LogP contribution is 2.39. The summed E-state index contributed by atoms with van der Waals surface area (Å²) < 4.78 is 46.9. The van der Waals surface area contributed by atoms with Gasteiger partial charge in [-0.1, -0.05) is 12.1 Å². The van der Waals surface area contributed by atoms with E-state index in [2.05, 4.69) is 0 Å². The zero-order chi connectivity index (χ0) is 18.3. The van der Waals surface area contributed by atoms with E-state index >= 15 is 0 Å². The third-order valence-electron chi connectivity index (χ3n) is 5.09. The molecule has 2 aromatic carbocycles. The average Bonchev–Trinajstić information content (AvgIpc) is 3.13. The Hall–Kier alpha value is -2.12. The summed E-state index contributed by atoms with van der Waals surface area (Å²) in [6.07, 6.45) is 1.52. The topological polar surface area (TPSA) is 49.9 Å². The van der Waals surface area contributed by atoms with Crippen LogP contribution in [0.1, 0.15) is 24.4 Å². The molecule has 1 atom stereocenters. The molecule has 26 heavy (non-hydrogen) atoms. The molecule has 0 spiro atoms. The summed E-state index contributed by atoms with van der Waals surface area (Å²) >= 11 is 0. The van der Waals surface area contributed by atoms with Gasteiger partial charge in [-0.3, -0.25) is 0 Å². The average molecular weight is 376 g/mol. The maximum atomic E-state index is 13.3. The van der Waals surface area contributed by atoms with Crippen LogP contribution in [0.3, 0.4) is 0 Å². The molecule has 0 aromatic heterocycles. The number of rotatable bonds is 3. The van der Waals surface area contributed by atoms with Crippen LogP contribution >= 0.6 is 0 Å². The molecule has 5 nitrogen and oxygen atoms in total. The molecule has 138 valence electrons. The highest BCUT2D eigenvalue weighted by atomic mass is 32.2. The fourth-order valence-corrected chi connectivity index (χ4v) is 5.38. The van der Waals surface area contributed by atoms with Gasteiger partial charge < -0.3 is 9.64 Å². The van der Waals surface area contributed by atoms with Gasteiger partial charge in [0.1, 0.15) is 18.2 Å². The molecule has 1 fully saturated rings. The predicted octanol–water partition coefficient (Wildman–Crippen LogP) is 3.18. The van der Waals surface area contributed by atoms with Gasteiger partial charge in [0.05, 0.1) is 23.2 Å². The van der Waals surface area contributed by atoms with Gasteiger partial charge in [-0.05, 0) is 48.7 Å². The number of likely N-dealkylation sites (N-methyl/N-ethyl adjacent to an activating group) is 1. The monoisotopic (exact) mass is 376 g/mol. The predicted molar refractivity (Wildman–Crippen MR) is 97.5 cm³/mol. The lowest BCUT2D eigenvalue weighted by atomic mass is 10.1. The number of anilines is 1.